The van der Waals surface area contributed by atoms with Crippen molar-refractivity contribution in [3.63, 3.8) is 0 Å². The van der Waals surface area contributed by atoms with Gasteiger partial charge in [0.2, 0.25) is 5.78 Å². The molecule has 0 spiro atoms. The maximum absolute atomic E-state index is 12.6. The Morgan fingerprint density at radius 1 is 1.25 bits per heavy atom. The van der Waals surface area contributed by atoms with E-state index in [1.165, 1.54) is 15.9 Å². The van der Waals surface area contributed by atoms with Crippen molar-refractivity contribution in [3.8, 4) is 0 Å². The number of ether oxygens (including phenoxy) is 2. The van der Waals surface area contributed by atoms with Crippen molar-refractivity contribution in [2.45, 2.75) is 20.1 Å². The van der Waals surface area contributed by atoms with Crippen molar-refractivity contribution in [2.75, 3.05) is 7.11 Å². The minimum absolute atomic E-state index is 0.0989. The summed E-state index contributed by atoms with van der Waals surface area (Å²) in [6, 6.07) is 5.56. The van der Waals surface area contributed by atoms with Crippen molar-refractivity contribution >= 4 is 34.0 Å². The first-order valence-corrected chi connectivity index (χ1v) is 9.31. The predicted octanol–water partition coefficient (Wildman–Crippen LogP) is 1.85. The molecule has 0 aliphatic carbocycles. The first-order valence-electron chi connectivity index (χ1n) is 8.43. The Morgan fingerprint density at radius 3 is 2.86 bits per heavy atom. The van der Waals surface area contributed by atoms with Gasteiger partial charge < -0.3 is 9.47 Å². The summed E-state index contributed by atoms with van der Waals surface area (Å²) in [7, 11) is 3.20. The summed E-state index contributed by atoms with van der Waals surface area (Å²) in [6.07, 6.45) is 0. The Kier molecular flexibility index (Phi) is 4.65. The molecule has 144 valence electrons. The second-order valence-electron chi connectivity index (χ2n) is 6.27. The number of thiazole rings is 1. The molecule has 0 aliphatic heterocycles. The zero-order valence-electron chi connectivity index (χ0n) is 15.5. The number of nitrogens with zero attached hydrogens (tertiary/aromatic N) is 5. The van der Waals surface area contributed by atoms with Crippen LogP contribution >= 0.6 is 11.3 Å². The molecule has 28 heavy (non-hydrogen) atoms. The van der Waals surface area contributed by atoms with Crippen molar-refractivity contribution in [1.82, 2.24) is 24.1 Å². The molecule has 0 saturated carbocycles. The van der Waals surface area contributed by atoms with E-state index in [4.69, 9.17) is 9.47 Å². The van der Waals surface area contributed by atoms with E-state index in [2.05, 4.69) is 15.2 Å². The SMILES string of the molecule is COCc1nc(C(=O)OCc2nnc3n(C)c(=O)c4cc(C)ccc4n23)cs1. The number of benzene rings is 1. The van der Waals surface area contributed by atoms with E-state index in [1.807, 2.05) is 25.1 Å². The molecule has 3 aromatic heterocycles. The molecular formula is C18H17N5O4S. The first kappa shape index (κ1) is 18.3. The number of fused-ring (bicyclic) bond motifs is 3. The molecule has 4 aromatic rings. The second-order valence-corrected chi connectivity index (χ2v) is 7.21. The van der Waals surface area contributed by atoms with Gasteiger partial charge in [0.05, 0.1) is 17.5 Å². The molecule has 0 radical (unpaired) electrons. The normalized spacial score (nSPS) is 11.4. The number of hydrogen-bond acceptors (Lipinski definition) is 8. The molecule has 0 fully saturated rings. The van der Waals surface area contributed by atoms with Gasteiger partial charge in [-0.1, -0.05) is 11.6 Å². The van der Waals surface area contributed by atoms with Gasteiger partial charge in [0.25, 0.3) is 5.56 Å². The Bertz CT molecular complexity index is 1260. The van der Waals surface area contributed by atoms with E-state index < -0.39 is 5.97 Å². The van der Waals surface area contributed by atoms with E-state index in [0.29, 0.717) is 34.1 Å². The van der Waals surface area contributed by atoms with Crippen molar-refractivity contribution < 1.29 is 14.3 Å². The summed E-state index contributed by atoms with van der Waals surface area (Å²) >= 11 is 1.33. The largest absolute Gasteiger partial charge is 0.453 e. The van der Waals surface area contributed by atoms with Gasteiger partial charge in [-0.15, -0.1) is 21.5 Å². The van der Waals surface area contributed by atoms with Crippen LogP contribution in [0.2, 0.25) is 0 Å². The molecule has 0 N–H and O–H groups in total. The van der Waals surface area contributed by atoms with Crippen LogP contribution < -0.4 is 5.56 Å². The zero-order chi connectivity index (χ0) is 19.8. The molecule has 9 nitrogen and oxygen atoms in total. The molecule has 10 heteroatoms. The molecule has 0 saturated heterocycles. The predicted molar refractivity (Wildman–Crippen MR) is 102 cm³/mol. The molecule has 0 amide bonds. The number of hydrogen-bond donors (Lipinski definition) is 0. The average molecular weight is 399 g/mol. The van der Waals surface area contributed by atoms with Crippen LogP contribution in [0.25, 0.3) is 16.7 Å². The third-order valence-electron chi connectivity index (χ3n) is 4.30. The number of aromatic nitrogens is 5. The smallest absolute Gasteiger partial charge is 0.358 e. The highest BCUT2D eigenvalue weighted by molar-refractivity contribution is 7.09. The molecular weight excluding hydrogens is 382 g/mol. The molecule has 0 atom stereocenters. The van der Waals surface area contributed by atoms with Crippen molar-refractivity contribution in [2.24, 2.45) is 7.05 Å². The van der Waals surface area contributed by atoms with Gasteiger partial charge in [-0.25, -0.2) is 9.78 Å². The second kappa shape index (κ2) is 7.13. The summed E-state index contributed by atoms with van der Waals surface area (Å²) in [5, 5.41) is 11.1. The van der Waals surface area contributed by atoms with Crippen LogP contribution in [0.3, 0.4) is 0 Å². The summed E-state index contributed by atoms with van der Waals surface area (Å²) in [6.45, 7) is 2.16. The van der Waals surface area contributed by atoms with Crippen LogP contribution in [0.1, 0.15) is 26.9 Å². The summed E-state index contributed by atoms with van der Waals surface area (Å²) < 4.78 is 13.5. The lowest BCUT2D eigenvalue weighted by atomic mass is 10.1. The van der Waals surface area contributed by atoms with Crippen LogP contribution in [0.4, 0.5) is 0 Å². The number of carbonyl (C=O) groups excluding carboxylic acids is 1. The maximum atomic E-state index is 12.6. The fraction of sp³-hybridized carbons (Fsp3) is 0.278. The van der Waals surface area contributed by atoms with Gasteiger partial charge in [0, 0.05) is 19.5 Å². The number of aryl methyl sites for hydroxylation is 2. The van der Waals surface area contributed by atoms with Gasteiger partial charge >= 0.3 is 5.97 Å². The van der Waals surface area contributed by atoms with Crippen LogP contribution in [0.5, 0.6) is 0 Å². The zero-order valence-corrected chi connectivity index (χ0v) is 16.3. The van der Waals surface area contributed by atoms with E-state index in [9.17, 15) is 9.59 Å². The van der Waals surface area contributed by atoms with Crippen LogP contribution in [0.15, 0.2) is 28.4 Å². The molecule has 0 bridgehead atoms. The molecule has 0 unspecified atom stereocenters. The lowest BCUT2D eigenvalue weighted by Gasteiger charge is -2.08. The summed E-state index contributed by atoms with van der Waals surface area (Å²) in [5.74, 6) is 0.240. The number of rotatable bonds is 5. The van der Waals surface area contributed by atoms with E-state index in [0.717, 1.165) is 5.56 Å². The molecule has 0 aliphatic rings. The summed E-state index contributed by atoms with van der Waals surface area (Å²) in [5.41, 5.74) is 1.70. The molecule has 3 heterocycles. The number of methoxy groups -OCH3 is 1. The van der Waals surface area contributed by atoms with E-state index >= 15 is 0 Å². The lowest BCUT2D eigenvalue weighted by molar-refractivity contribution is 0.0454. The minimum atomic E-state index is -0.555. The van der Waals surface area contributed by atoms with E-state index in [1.54, 1.807) is 23.9 Å². The minimum Gasteiger partial charge on any atom is -0.453 e. The molecule has 1 aromatic carbocycles. The highest BCUT2D eigenvalue weighted by Crippen LogP contribution is 2.17. The standard InChI is InChI=1S/C18H17N5O4S/c1-10-4-5-13-11(6-10)16(24)22(2)18-21-20-14(23(13)18)7-27-17(25)12-9-28-15(19-12)8-26-3/h4-6,9H,7-8H2,1-3H3. The van der Waals surface area contributed by atoms with Crippen LogP contribution in [0, 0.1) is 6.92 Å². The van der Waals surface area contributed by atoms with Crippen LogP contribution in [-0.2, 0) is 29.7 Å². The fourth-order valence-electron chi connectivity index (χ4n) is 2.95. The van der Waals surface area contributed by atoms with Gasteiger partial charge in [0.1, 0.15) is 5.01 Å². The van der Waals surface area contributed by atoms with Gasteiger partial charge in [-0.05, 0) is 19.1 Å². The summed E-state index contributed by atoms with van der Waals surface area (Å²) in [4.78, 5) is 29.1. The topological polar surface area (TPSA) is 101 Å². The highest BCUT2D eigenvalue weighted by Gasteiger charge is 2.18. The van der Waals surface area contributed by atoms with Crippen molar-refractivity contribution in [3.05, 3.63) is 56.0 Å². The Balaban J connectivity index is 1.68. The Morgan fingerprint density at radius 2 is 2.07 bits per heavy atom. The Labute approximate surface area is 163 Å². The van der Waals surface area contributed by atoms with E-state index in [-0.39, 0.29) is 17.9 Å². The average Bonchev–Trinajstić information content (AvgIpc) is 3.32. The quantitative estimate of drug-likeness (QED) is 0.472. The van der Waals surface area contributed by atoms with Gasteiger partial charge in [-0.2, -0.15) is 0 Å². The molecule has 4 rings (SSSR count). The highest BCUT2D eigenvalue weighted by atomic mass is 32.1. The third-order valence-corrected chi connectivity index (χ3v) is 5.12. The maximum Gasteiger partial charge on any atom is 0.358 e. The van der Waals surface area contributed by atoms with Crippen molar-refractivity contribution in [1.29, 1.82) is 0 Å². The van der Waals surface area contributed by atoms with Gasteiger partial charge in [0.15, 0.2) is 18.1 Å². The Hall–Kier alpha value is -3.11. The number of esters is 1. The first-order chi connectivity index (χ1) is 13.5. The fourth-order valence-corrected chi connectivity index (χ4v) is 3.68. The lowest BCUT2D eigenvalue weighted by Crippen LogP contribution is -2.20. The monoisotopic (exact) mass is 399 g/mol. The number of carbonyl (C=O) groups is 1. The third kappa shape index (κ3) is 3.06. The van der Waals surface area contributed by atoms with Crippen LogP contribution in [-0.4, -0.2) is 37.2 Å². The van der Waals surface area contributed by atoms with Gasteiger partial charge in [-0.3, -0.25) is 13.8 Å².